The number of nitrogens with zero attached hydrogens (tertiary/aromatic N) is 1. The Balaban J connectivity index is 1.74. The summed E-state index contributed by atoms with van der Waals surface area (Å²) in [6.07, 6.45) is 3.04. The van der Waals surface area contributed by atoms with Crippen molar-refractivity contribution in [1.82, 2.24) is 4.90 Å². The topological polar surface area (TPSA) is 51.9 Å². The fourth-order valence-electron chi connectivity index (χ4n) is 2.64. The van der Waals surface area contributed by atoms with Crippen LogP contribution in [0.2, 0.25) is 0 Å². The first kappa shape index (κ1) is 11.7. The van der Waals surface area contributed by atoms with Gasteiger partial charge in [0, 0.05) is 19.4 Å². The van der Waals surface area contributed by atoms with Crippen LogP contribution in [0, 0.1) is 0 Å². The highest BCUT2D eigenvalue weighted by atomic mass is 16.7. The predicted molar refractivity (Wildman–Crippen MR) is 63.2 cm³/mol. The standard InChI is InChI=1S/C13H17NO4/c1-2-11-10(3-6-16-11)12(15)14-5-4-13(9-14)17-7-8-18-13/h3,6H,2,4-5,7-9H2,1H3. The number of rotatable bonds is 2. The molecular weight excluding hydrogens is 234 g/mol. The lowest BCUT2D eigenvalue weighted by atomic mass is 10.2. The summed E-state index contributed by atoms with van der Waals surface area (Å²) in [5.74, 6) is 0.206. The van der Waals surface area contributed by atoms with E-state index in [9.17, 15) is 4.79 Å². The minimum atomic E-state index is -0.550. The Morgan fingerprint density at radius 3 is 2.94 bits per heavy atom. The van der Waals surface area contributed by atoms with Crippen LogP contribution in [0.4, 0.5) is 0 Å². The first-order chi connectivity index (χ1) is 8.74. The van der Waals surface area contributed by atoms with E-state index in [4.69, 9.17) is 13.9 Å². The van der Waals surface area contributed by atoms with Crippen molar-refractivity contribution in [1.29, 1.82) is 0 Å². The van der Waals surface area contributed by atoms with Gasteiger partial charge in [0.25, 0.3) is 5.91 Å². The Bertz CT molecular complexity index is 448. The molecule has 0 atom stereocenters. The Morgan fingerprint density at radius 2 is 2.22 bits per heavy atom. The van der Waals surface area contributed by atoms with Crippen molar-refractivity contribution in [2.24, 2.45) is 0 Å². The summed E-state index contributed by atoms with van der Waals surface area (Å²) in [5, 5.41) is 0. The van der Waals surface area contributed by atoms with E-state index in [1.807, 2.05) is 6.92 Å². The third kappa shape index (κ3) is 1.83. The Hall–Kier alpha value is -1.33. The van der Waals surface area contributed by atoms with Gasteiger partial charge in [-0.15, -0.1) is 0 Å². The molecular formula is C13H17NO4. The smallest absolute Gasteiger partial charge is 0.257 e. The van der Waals surface area contributed by atoms with E-state index in [0.29, 0.717) is 31.9 Å². The number of hydrogen-bond acceptors (Lipinski definition) is 4. The van der Waals surface area contributed by atoms with Crippen LogP contribution >= 0.6 is 0 Å². The van der Waals surface area contributed by atoms with Crippen LogP contribution in [-0.4, -0.2) is 42.9 Å². The maximum absolute atomic E-state index is 12.4. The van der Waals surface area contributed by atoms with Gasteiger partial charge in [-0.3, -0.25) is 4.79 Å². The van der Waals surface area contributed by atoms with Crippen molar-refractivity contribution in [2.45, 2.75) is 25.6 Å². The van der Waals surface area contributed by atoms with Crippen LogP contribution < -0.4 is 0 Å². The predicted octanol–water partition coefficient (Wildman–Crippen LogP) is 1.43. The number of ether oxygens (including phenoxy) is 2. The van der Waals surface area contributed by atoms with Crippen LogP contribution in [-0.2, 0) is 15.9 Å². The Labute approximate surface area is 106 Å². The average molecular weight is 251 g/mol. The number of furan rings is 1. The molecule has 2 aliphatic heterocycles. The molecule has 1 aromatic heterocycles. The summed E-state index contributed by atoms with van der Waals surface area (Å²) in [7, 11) is 0. The van der Waals surface area contributed by atoms with E-state index >= 15 is 0 Å². The van der Waals surface area contributed by atoms with E-state index in [1.165, 1.54) is 0 Å². The zero-order chi connectivity index (χ0) is 12.6. The summed E-state index contributed by atoms with van der Waals surface area (Å²) in [6.45, 7) is 4.40. The Morgan fingerprint density at radius 1 is 1.44 bits per heavy atom. The first-order valence-corrected chi connectivity index (χ1v) is 6.38. The third-order valence-electron chi connectivity index (χ3n) is 3.59. The van der Waals surface area contributed by atoms with Gasteiger partial charge in [-0.25, -0.2) is 0 Å². The molecule has 0 aliphatic carbocycles. The summed E-state index contributed by atoms with van der Waals surface area (Å²) >= 11 is 0. The van der Waals surface area contributed by atoms with Gasteiger partial charge < -0.3 is 18.8 Å². The van der Waals surface area contributed by atoms with E-state index in [2.05, 4.69) is 0 Å². The Kier molecular flexibility index (Phi) is 2.87. The lowest BCUT2D eigenvalue weighted by Gasteiger charge is -2.22. The van der Waals surface area contributed by atoms with Crippen LogP contribution in [0.5, 0.6) is 0 Å². The molecule has 18 heavy (non-hydrogen) atoms. The van der Waals surface area contributed by atoms with E-state index in [-0.39, 0.29) is 5.91 Å². The lowest BCUT2D eigenvalue weighted by molar-refractivity contribution is -0.143. The van der Waals surface area contributed by atoms with Gasteiger partial charge >= 0.3 is 0 Å². The molecule has 2 saturated heterocycles. The second-order valence-corrected chi connectivity index (χ2v) is 4.70. The summed E-state index contributed by atoms with van der Waals surface area (Å²) in [5.41, 5.74) is 0.660. The normalized spacial score (nSPS) is 21.9. The average Bonchev–Trinajstić information content (AvgIpc) is 3.11. The molecule has 0 radical (unpaired) electrons. The number of carbonyl (C=O) groups excluding carboxylic acids is 1. The van der Waals surface area contributed by atoms with Gasteiger partial charge in [-0.2, -0.15) is 0 Å². The lowest BCUT2D eigenvalue weighted by Crippen LogP contribution is -2.37. The molecule has 2 aliphatic rings. The van der Waals surface area contributed by atoms with Crippen LogP contribution in [0.3, 0.4) is 0 Å². The summed E-state index contributed by atoms with van der Waals surface area (Å²) in [4.78, 5) is 14.2. The fourth-order valence-corrected chi connectivity index (χ4v) is 2.64. The molecule has 0 saturated carbocycles. The van der Waals surface area contributed by atoms with Crippen molar-refractivity contribution in [3.05, 3.63) is 23.7 Å². The maximum Gasteiger partial charge on any atom is 0.257 e. The zero-order valence-corrected chi connectivity index (χ0v) is 10.5. The minimum absolute atomic E-state index is 0.0107. The molecule has 1 aromatic rings. The molecule has 98 valence electrons. The van der Waals surface area contributed by atoms with Crippen molar-refractivity contribution >= 4 is 5.91 Å². The van der Waals surface area contributed by atoms with Gasteiger partial charge in [0.15, 0.2) is 5.79 Å². The molecule has 0 unspecified atom stereocenters. The first-order valence-electron chi connectivity index (χ1n) is 6.38. The highest BCUT2D eigenvalue weighted by Gasteiger charge is 2.45. The molecule has 1 amide bonds. The molecule has 3 heterocycles. The van der Waals surface area contributed by atoms with Gasteiger partial charge in [0.1, 0.15) is 5.76 Å². The third-order valence-corrected chi connectivity index (χ3v) is 3.59. The van der Waals surface area contributed by atoms with Gasteiger partial charge in [-0.1, -0.05) is 6.92 Å². The van der Waals surface area contributed by atoms with Crippen molar-refractivity contribution < 1.29 is 18.7 Å². The number of likely N-dealkylation sites (tertiary alicyclic amines) is 1. The van der Waals surface area contributed by atoms with Crippen LogP contribution in [0.15, 0.2) is 16.7 Å². The zero-order valence-electron chi connectivity index (χ0n) is 10.5. The number of hydrogen-bond donors (Lipinski definition) is 0. The van der Waals surface area contributed by atoms with Gasteiger partial charge in [-0.05, 0) is 6.07 Å². The maximum atomic E-state index is 12.4. The molecule has 3 rings (SSSR count). The largest absolute Gasteiger partial charge is 0.469 e. The monoisotopic (exact) mass is 251 g/mol. The number of aryl methyl sites for hydroxylation is 1. The minimum Gasteiger partial charge on any atom is -0.469 e. The summed E-state index contributed by atoms with van der Waals surface area (Å²) in [6, 6.07) is 1.74. The van der Waals surface area contributed by atoms with E-state index in [1.54, 1.807) is 17.2 Å². The quantitative estimate of drug-likeness (QED) is 0.798. The second kappa shape index (κ2) is 4.40. The van der Waals surface area contributed by atoms with Crippen LogP contribution in [0.1, 0.15) is 29.5 Å². The van der Waals surface area contributed by atoms with E-state index in [0.717, 1.165) is 18.6 Å². The number of amides is 1. The van der Waals surface area contributed by atoms with Crippen molar-refractivity contribution in [3.8, 4) is 0 Å². The molecule has 0 bridgehead atoms. The molecule has 1 spiro atoms. The second-order valence-electron chi connectivity index (χ2n) is 4.70. The van der Waals surface area contributed by atoms with Crippen molar-refractivity contribution in [2.75, 3.05) is 26.3 Å². The number of carbonyl (C=O) groups is 1. The molecule has 2 fully saturated rings. The van der Waals surface area contributed by atoms with Gasteiger partial charge in [0.2, 0.25) is 0 Å². The van der Waals surface area contributed by atoms with Crippen molar-refractivity contribution in [3.63, 3.8) is 0 Å². The fraction of sp³-hybridized carbons (Fsp3) is 0.615. The van der Waals surface area contributed by atoms with Gasteiger partial charge in [0.05, 0.1) is 31.6 Å². The highest BCUT2D eigenvalue weighted by Crippen LogP contribution is 2.31. The molecule has 0 aromatic carbocycles. The summed E-state index contributed by atoms with van der Waals surface area (Å²) < 4.78 is 16.5. The highest BCUT2D eigenvalue weighted by molar-refractivity contribution is 5.95. The molecule has 0 N–H and O–H groups in total. The molecule has 5 nitrogen and oxygen atoms in total. The van der Waals surface area contributed by atoms with E-state index < -0.39 is 5.79 Å². The van der Waals surface area contributed by atoms with Crippen LogP contribution in [0.25, 0.3) is 0 Å². The molecule has 5 heteroatoms. The SMILES string of the molecule is CCc1occc1C(=O)N1CCC2(C1)OCCO2.